The predicted molar refractivity (Wildman–Crippen MR) is 68.4 cm³/mol. The molecule has 0 aromatic rings. The molecule has 0 aromatic carbocycles. The quantitative estimate of drug-likeness (QED) is 0.567. The molecule has 1 heterocycles. The number of nitriles is 1. The molecule has 0 aromatic heterocycles. The van der Waals surface area contributed by atoms with Gasteiger partial charge in [0.05, 0.1) is 6.10 Å². The summed E-state index contributed by atoms with van der Waals surface area (Å²) in [5.74, 6) is 0.430. The molecular formula is C13H21N3O2. The van der Waals surface area contributed by atoms with Gasteiger partial charge in [-0.25, -0.2) is 0 Å². The predicted octanol–water partition coefficient (Wildman–Crippen LogP) is 0.623. The fourth-order valence-electron chi connectivity index (χ4n) is 1.86. The fourth-order valence-corrected chi connectivity index (χ4v) is 1.86. The van der Waals surface area contributed by atoms with E-state index in [2.05, 4.69) is 12.2 Å². The van der Waals surface area contributed by atoms with E-state index < -0.39 is 6.10 Å². The second-order valence-corrected chi connectivity index (χ2v) is 4.90. The van der Waals surface area contributed by atoms with E-state index in [0.717, 1.165) is 25.9 Å². The molecule has 1 atom stereocenters. The zero-order valence-electron chi connectivity index (χ0n) is 11.0. The van der Waals surface area contributed by atoms with E-state index in [-0.39, 0.29) is 11.5 Å². The zero-order chi connectivity index (χ0) is 13.5. The monoisotopic (exact) mass is 251 g/mol. The lowest BCUT2D eigenvalue weighted by Crippen LogP contribution is -2.39. The van der Waals surface area contributed by atoms with Gasteiger partial charge >= 0.3 is 0 Å². The van der Waals surface area contributed by atoms with E-state index in [4.69, 9.17) is 10.4 Å². The molecule has 1 amide bonds. The Morgan fingerprint density at radius 3 is 2.72 bits per heavy atom. The lowest BCUT2D eigenvalue weighted by Gasteiger charge is -2.30. The van der Waals surface area contributed by atoms with E-state index in [1.165, 1.54) is 6.20 Å². The molecule has 0 saturated carbocycles. The topological polar surface area (TPSA) is 76.4 Å². The maximum absolute atomic E-state index is 12.0. The summed E-state index contributed by atoms with van der Waals surface area (Å²) in [5.41, 5.74) is 0.102. The lowest BCUT2D eigenvalue weighted by molar-refractivity contribution is -0.128. The SMILES string of the molecule is CC(O)CN/C=C(/C#N)C(=O)N1CCC(C)CC1. The van der Waals surface area contributed by atoms with E-state index >= 15 is 0 Å². The lowest BCUT2D eigenvalue weighted by atomic mass is 9.99. The van der Waals surface area contributed by atoms with Crippen molar-refractivity contribution in [2.45, 2.75) is 32.8 Å². The van der Waals surface area contributed by atoms with Crippen LogP contribution < -0.4 is 5.32 Å². The Morgan fingerprint density at radius 1 is 1.61 bits per heavy atom. The van der Waals surface area contributed by atoms with Crippen molar-refractivity contribution >= 4 is 5.91 Å². The Labute approximate surface area is 108 Å². The van der Waals surface area contributed by atoms with Gasteiger partial charge in [-0.3, -0.25) is 4.79 Å². The third-order valence-corrected chi connectivity index (χ3v) is 3.08. The van der Waals surface area contributed by atoms with Gasteiger partial charge < -0.3 is 15.3 Å². The van der Waals surface area contributed by atoms with Crippen molar-refractivity contribution in [2.24, 2.45) is 5.92 Å². The van der Waals surface area contributed by atoms with Crippen LogP contribution >= 0.6 is 0 Å². The molecule has 5 nitrogen and oxygen atoms in total. The maximum Gasteiger partial charge on any atom is 0.265 e. The number of piperidine rings is 1. The number of carbonyl (C=O) groups is 1. The molecule has 18 heavy (non-hydrogen) atoms. The number of aliphatic hydroxyl groups excluding tert-OH is 1. The van der Waals surface area contributed by atoms with Crippen molar-refractivity contribution in [3.05, 3.63) is 11.8 Å². The van der Waals surface area contributed by atoms with Gasteiger partial charge in [0.2, 0.25) is 0 Å². The number of hydrogen-bond acceptors (Lipinski definition) is 4. The highest BCUT2D eigenvalue weighted by atomic mass is 16.3. The minimum absolute atomic E-state index is 0.102. The summed E-state index contributed by atoms with van der Waals surface area (Å²) in [6.07, 6.45) is 2.87. The molecule has 0 spiro atoms. The first-order chi connectivity index (χ1) is 8.54. The zero-order valence-corrected chi connectivity index (χ0v) is 11.0. The number of carbonyl (C=O) groups excluding carboxylic acids is 1. The summed E-state index contributed by atoms with van der Waals surface area (Å²) in [6.45, 7) is 5.58. The average Bonchev–Trinajstić information content (AvgIpc) is 2.34. The van der Waals surface area contributed by atoms with E-state index in [9.17, 15) is 4.79 Å². The molecule has 1 unspecified atom stereocenters. The van der Waals surface area contributed by atoms with Crippen LogP contribution in [-0.2, 0) is 4.79 Å². The number of aliphatic hydroxyl groups is 1. The number of nitrogens with zero attached hydrogens (tertiary/aromatic N) is 2. The first-order valence-corrected chi connectivity index (χ1v) is 6.35. The number of nitrogens with one attached hydrogen (secondary N) is 1. The summed E-state index contributed by atoms with van der Waals surface area (Å²) in [4.78, 5) is 13.8. The largest absolute Gasteiger partial charge is 0.392 e. The minimum atomic E-state index is -0.507. The number of likely N-dealkylation sites (tertiary alicyclic amines) is 1. The summed E-state index contributed by atoms with van der Waals surface area (Å²) in [6, 6.07) is 1.91. The van der Waals surface area contributed by atoms with E-state index in [1.807, 2.05) is 6.07 Å². The third-order valence-electron chi connectivity index (χ3n) is 3.08. The number of hydrogen-bond donors (Lipinski definition) is 2. The Kier molecular flexibility index (Phi) is 5.66. The molecule has 0 radical (unpaired) electrons. The summed E-state index contributed by atoms with van der Waals surface area (Å²) in [7, 11) is 0. The summed E-state index contributed by atoms with van der Waals surface area (Å²) < 4.78 is 0. The van der Waals surface area contributed by atoms with Crippen molar-refractivity contribution in [1.82, 2.24) is 10.2 Å². The Balaban J connectivity index is 2.54. The second-order valence-electron chi connectivity index (χ2n) is 4.90. The van der Waals surface area contributed by atoms with Crippen LogP contribution in [0.1, 0.15) is 26.7 Å². The molecule has 1 rings (SSSR count). The Hall–Kier alpha value is -1.54. The van der Waals surface area contributed by atoms with Gasteiger partial charge in [0.25, 0.3) is 5.91 Å². The van der Waals surface area contributed by atoms with Crippen molar-refractivity contribution in [1.29, 1.82) is 5.26 Å². The van der Waals surface area contributed by atoms with Gasteiger partial charge in [0.15, 0.2) is 0 Å². The van der Waals surface area contributed by atoms with Crippen LogP contribution in [-0.4, -0.2) is 41.7 Å². The highest BCUT2D eigenvalue weighted by Gasteiger charge is 2.22. The molecule has 1 aliphatic rings. The molecule has 1 saturated heterocycles. The van der Waals surface area contributed by atoms with Gasteiger partial charge in [-0.1, -0.05) is 6.92 Å². The summed E-state index contributed by atoms with van der Waals surface area (Å²) >= 11 is 0. The molecular weight excluding hydrogens is 230 g/mol. The molecule has 5 heteroatoms. The first-order valence-electron chi connectivity index (χ1n) is 6.35. The normalized spacial score (nSPS) is 19.2. The van der Waals surface area contributed by atoms with Gasteiger partial charge in [0.1, 0.15) is 11.6 Å². The van der Waals surface area contributed by atoms with Gasteiger partial charge in [-0.05, 0) is 25.7 Å². The molecule has 2 N–H and O–H groups in total. The highest BCUT2D eigenvalue weighted by Crippen LogP contribution is 2.17. The number of amides is 1. The van der Waals surface area contributed by atoms with Crippen LogP contribution in [0.15, 0.2) is 11.8 Å². The van der Waals surface area contributed by atoms with Crippen molar-refractivity contribution in [3.63, 3.8) is 0 Å². The van der Waals surface area contributed by atoms with Crippen LogP contribution in [0.4, 0.5) is 0 Å². The smallest absolute Gasteiger partial charge is 0.265 e. The minimum Gasteiger partial charge on any atom is -0.392 e. The molecule has 1 aliphatic heterocycles. The highest BCUT2D eigenvalue weighted by molar-refractivity contribution is 5.97. The third kappa shape index (κ3) is 4.38. The molecule has 0 bridgehead atoms. The Morgan fingerprint density at radius 2 is 2.22 bits per heavy atom. The standard InChI is InChI=1S/C13H21N3O2/c1-10-3-5-16(6-4-10)13(18)12(7-14)9-15-8-11(2)17/h9-11,15,17H,3-6,8H2,1-2H3/b12-9-. The summed E-state index contributed by atoms with van der Waals surface area (Å²) in [5, 5.41) is 20.8. The van der Waals surface area contributed by atoms with Crippen LogP contribution in [0.3, 0.4) is 0 Å². The van der Waals surface area contributed by atoms with Gasteiger partial charge in [-0.15, -0.1) is 0 Å². The van der Waals surface area contributed by atoms with E-state index in [1.54, 1.807) is 11.8 Å². The van der Waals surface area contributed by atoms with Crippen LogP contribution in [0.5, 0.6) is 0 Å². The molecule has 100 valence electrons. The maximum atomic E-state index is 12.0. The van der Waals surface area contributed by atoms with Crippen molar-refractivity contribution in [3.8, 4) is 6.07 Å². The first kappa shape index (κ1) is 14.5. The molecule has 0 aliphatic carbocycles. The Bertz CT molecular complexity index is 350. The van der Waals surface area contributed by atoms with Crippen LogP contribution in [0.25, 0.3) is 0 Å². The van der Waals surface area contributed by atoms with Gasteiger partial charge in [0, 0.05) is 25.8 Å². The fraction of sp³-hybridized carbons (Fsp3) is 0.692. The average molecular weight is 251 g/mol. The molecule has 1 fully saturated rings. The second kappa shape index (κ2) is 7.02. The number of rotatable bonds is 4. The van der Waals surface area contributed by atoms with Crippen LogP contribution in [0.2, 0.25) is 0 Å². The van der Waals surface area contributed by atoms with Crippen molar-refractivity contribution in [2.75, 3.05) is 19.6 Å². The van der Waals surface area contributed by atoms with Gasteiger partial charge in [-0.2, -0.15) is 5.26 Å². The van der Waals surface area contributed by atoms with Crippen LogP contribution in [0, 0.1) is 17.2 Å². The van der Waals surface area contributed by atoms with Crippen molar-refractivity contribution < 1.29 is 9.90 Å². The van der Waals surface area contributed by atoms with E-state index in [0.29, 0.717) is 12.5 Å².